The predicted molar refractivity (Wildman–Crippen MR) is 81.3 cm³/mol. The first-order valence-electron chi connectivity index (χ1n) is 6.85. The number of nitrogens with two attached hydrogens (primary N) is 1. The number of hydrogen-bond donors (Lipinski definition) is 2. The zero-order valence-corrected chi connectivity index (χ0v) is 12.9. The first-order chi connectivity index (χ1) is 9.78. The Morgan fingerprint density at radius 2 is 2.10 bits per heavy atom. The zero-order chi connectivity index (χ0) is 15.8. The van der Waals surface area contributed by atoms with Crippen molar-refractivity contribution in [2.24, 2.45) is 11.3 Å². The van der Waals surface area contributed by atoms with E-state index < -0.39 is 11.4 Å². The molecule has 1 aromatic rings. The summed E-state index contributed by atoms with van der Waals surface area (Å²) >= 11 is 5.93. The number of carboxylic acids is 1. The summed E-state index contributed by atoms with van der Waals surface area (Å²) < 4.78 is 0. The molecule has 1 aliphatic rings. The zero-order valence-electron chi connectivity index (χ0n) is 12.1. The van der Waals surface area contributed by atoms with Gasteiger partial charge >= 0.3 is 5.97 Å². The van der Waals surface area contributed by atoms with E-state index in [4.69, 9.17) is 17.3 Å². The highest BCUT2D eigenvalue weighted by atomic mass is 35.5. The molecule has 3 N–H and O–H groups in total. The summed E-state index contributed by atoms with van der Waals surface area (Å²) in [5.41, 5.74) is 5.61. The van der Waals surface area contributed by atoms with Crippen molar-refractivity contribution in [3.63, 3.8) is 0 Å². The fourth-order valence-electron chi connectivity index (χ4n) is 2.74. The van der Waals surface area contributed by atoms with Crippen LogP contribution in [0, 0.1) is 11.3 Å². The number of carboxylic acid groups (broad SMARTS) is 1. The van der Waals surface area contributed by atoms with E-state index in [0.29, 0.717) is 29.2 Å². The van der Waals surface area contributed by atoms with E-state index in [0.717, 1.165) is 0 Å². The standard InChI is InChI=1S/C15H19ClN2O3/c1-9(2)15(14(20)21)5-6-18(8-15)13(19)10-3-4-12(17)11(16)7-10/h3-4,7,9H,5-6,8,17H2,1-2H3,(H,20,21). The molecule has 1 aromatic carbocycles. The molecule has 1 unspecified atom stereocenters. The van der Waals surface area contributed by atoms with Gasteiger partial charge in [0, 0.05) is 18.7 Å². The Morgan fingerprint density at radius 3 is 2.57 bits per heavy atom. The molecule has 21 heavy (non-hydrogen) atoms. The predicted octanol–water partition coefficient (Wildman–Crippen LogP) is 2.50. The van der Waals surface area contributed by atoms with Crippen LogP contribution in [0.1, 0.15) is 30.6 Å². The van der Waals surface area contributed by atoms with Crippen molar-refractivity contribution in [3.05, 3.63) is 28.8 Å². The Hall–Kier alpha value is -1.75. The first kappa shape index (κ1) is 15.6. The van der Waals surface area contributed by atoms with Crippen molar-refractivity contribution in [2.45, 2.75) is 20.3 Å². The Kier molecular flexibility index (Phi) is 4.14. The van der Waals surface area contributed by atoms with Crippen LogP contribution in [0.15, 0.2) is 18.2 Å². The van der Waals surface area contributed by atoms with Crippen molar-refractivity contribution in [2.75, 3.05) is 18.8 Å². The van der Waals surface area contributed by atoms with Gasteiger partial charge in [-0.15, -0.1) is 0 Å². The van der Waals surface area contributed by atoms with Gasteiger partial charge in [-0.25, -0.2) is 0 Å². The molecule has 0 saturated carbocycles. The number of aliphatic carboxylic acids is 1. The molecule has 114 valence electrons. The number of hydrogen-bond acceptors (Lipinski definition) is 3. The third-order valence-corrected chi connectivity index (χ3v) is 4.69. The van der Waals surface area contributed by atoms with E-state index >= 15 is 0 Å². The number of nitrogen functional groups attached to an aromatic ring is 1. The minimum atomic E-state index is -0.868. The molecule has 1 saturated heterocycles. The number of carbonyl (C=O) groups excluding carboxylic acids is 1. The second kappa shape index (κ2) is 5.56. The number of nitrogens with zero attached hydrogens (tertiary/aromatic N) is 1. The Balaban J connectivity index is 2.22. The summed E-state index contributed by atoms with van der Waals surface area (Å²) in [4.78, 5) is 25.6. The van der Waals surface area contributed by atoms with E-state index in [1.54, 1.807) is 17.0 Å². The number of benzene rings is 1. The van der Waals surface area contributed by atoms with Gasteiger partial charge in [0.15, 0.2) is 0 Å². The van der Waals surface area contributed by atoms with Crippen LogP contribution >= 0.6 is 11.6 Å². The fourth-order valence-corrected chi connectivity index (χ4v) is 2.92. The molecule has 1 fully saturated rings. The van der Waals surface area contributed by atoms with Crippen molar-refractivity contribution in [3.8, 4) is 0 Å². The first-order valence-corrected chi connectivity index (χ1v) is 7.23. The van der Waals surface area contributed by atoms with E-state index in [1.165, 1.54) is 6.07 Å². The van der Waals surface area contributed by atoms with Crippen LogP contribution in [-0.4, -0.2) is 35.0 Å². The average Bonchev–Trinajstić information content (AvgIpc) is 2.87. The van der Waals surface area contributed by atoms with Gasteiger partial charge in [-0.2, -0.15) is 0 Å². The smallest absolute Gasteiger partial charge is 0.311 e. The molecule has 1 amide bonds. The molecule has 0 aromatic heterocycles. The number of rotatable bonds is 3. The maximum atomic E-state index is 12.5. The van der Waals surface area contributed by atoms with Gasteiger partial charge in [0.05, 0.1) is 16.1 Å². The quantitative estimate of drug-likeness (QED) is 0.840. The lowest BCUT2D eigenvalue weighted by Crippen LogP contribution is -2.40. The second-order valence-electron chi connectivity index (χ2n) is 5.83. The van der Waals surface area contributed by atoms with Crippen LogP contribution in [0.25, 0.3) is 0 Å². The largest absolute Gasteiger partial charge is 0.481 e. The van der Waals surface area contributed by atoms with Crippen molar-refractivity contribution in [1.82, 2.24) is 4.90 Å². The van der Waals surface area contributed by atoms with Crippen LogP contribution in [-0.2, 0) is 4.79 Å². The maximum absolute atomic E-state index is 12.5. The molecule has 0 radical (unpaired) electrons. The second-order valence-corrected chi connectivity index (χ2v) is 6.24. The molecule has 1 heterocycles. The number of halogens is 1. The van der Waals surface area contributed by atoms with Gasteiger partial charge in [-0.05, 0) is 30.5 Å². The summed E-state index contributed by atoms with van der Waals surface area (Å²) in [5, 5.41) is 9.84. The maximum Gasteiger partial charge on any atom is 0.311 e. The van der Waals surface area contributed by atoms with Crippen LogP contribution < -0.4 is 5.73 Å². The van der Waals surface area contributed by atoms with E-state index in [2.05, 4.69) is 0 Å². The van der Waals surface area contributed by atoms with Crippen LogP contribution in [0.3, 0.4) is 0 Å². The minimum Gasteiger partial charge on any atom is -0.481 e. The third-order valence-electron chi connectivity index (χ3n) is 4.37. The van der Waals surface area contributed by atoms with E-state index in [-0.39, 0.29) is 18.4 Å². The molecule has 0 aliphatic carbocycles. The summed E-state index contributed by atoms with van der Waals surface area (Å²) in [7, 11) is 0. The third kappa shape index (κ3) is 2.70. The highest BCUT2D eigenvalue weighted by Gasteiger charge is 2.48. The molecular formula is C15H19ClN2O3. The lowest BCUT2D eigenvalue weighted by atomic mass is 9.76. The fraction of sp³-hybridized carbons (Fsp3) is 0.467. The average molecular weight is 311 g/mol. The van der Waals surface area contributed by atoms with Gasteiger partial charge in [0.2, 0.25) is 0 Å². The molecular weight excluding hydrogens is 292 g/mol. The number of carbonyl (C=O) groups is 2. The van der Waals surface area contributed by atoms with Crippen molar-refractivity contribution < 1.29 is 14.7 Å². The van der Waals surface area contributed by atoms with Gasteiger partial charge in [0.25, 0.3) is 5.91 Å². The van der Waals surface area contributed by atoms with Crippen LogP contribution in [0.5, 0.6) is 0 Å². The van der Waals surface area contributed by atoms with Crippen molar-refractivity contribution in [1.29, 1.82) is 0 Å². The lowest BCUT2D eigenvalue weighted by molar-refractivity contribution is -0.150. The van der Waals surface area contributed by atoms with E-state index in [1.807, 2.05) is 13.8 Å². The summed E-state index contributed by atoms with van der Waals surface area (Å²) in [6.07, 6.45) is 0.467. The summed E-state index contributed by atoms with van der Waals surface area (Å²) in [6, 6.07) is 4.72. The molecule has 6 heteroatoms. The Labute approximate surface area is 128 Å². The van der Waals surface area contributed by atoms with Gasteiger partial charge < -0.3 is 15.7 Å². The number of anilines is 1. The van der Waals surface area contributed by atoms with Gasteiger partial charge in [-0.1, -0.05) is 25.4 Å². The van der Waals surface area contributed by atoms with Crippen LogP contribution in [0.2, 0.25) is 5.02 Å². The Morgan fingerprint density at radius 1 is 1.43 bits per heavy atom. The van der Waals surface area contributed by atoms with Gasteiger partial charge in [-0.3, -0.25) is 9.59 Å². The topological polar surface area (TPSA) is 83.6 Å². The molecule has 0 bridgehead atoms. The summed E-state index contributed by atoms with van der Waals surface area (Å²) in [6.45, 7) is 4.41. The molecule has 5 nitrogen and oxygen atoms in total. The molecule has 2 rings (SSSR count). The normalized spacial score (nSPS) is 21.8. The molecule has 1 atom stereocenters. The number of amides is 1. The number of likely N-dealkylation sites (tertiary alicyclic amines) is 1. The van der Waals surface area contributed by atoms with Crippen molar-refractivity contribution >= 4 is 29.2 Å². The molecule has 0 spiro atoms. The lowest BCUT2D eigenvalue weighted by Gasteiger charge is -2.28. The van der Waals surface area contributed by atoms with E-state index in [9.17, 15) is 14.7 Å². The van der Waals surface area contributed by atoms with Crippen LogP contribution in [0.4, 0.5) is 5.69 Å². The summed E-state index contributed by atoms with van der Waals surface area (Å²) in [5.74, 6) is -1.09. The minimum absolute atomic E-state index is 0.0391. The Bertz CT molecular complexity index is 588. The monoisotopic (exact) mass is 310 g/mol. The van der Waals surface area contributed by atoms with Gasteiger partial charge in [0.1, 0.15) is 0 Å². The SMILES string of the molecule is CC(C)C1(C(=O)O)CCN(C(=O)c2ccc(N)c(Cl)c2)C1. The highest BCUT2D eigenvalue weighted by molar-refractivity contribution is 6.33. The molecule has 1 aliphatic heterocycles. The highest BCUT2D eigenvalue weighted by Crippen LogP contribution is 2.38.